The molecule has 78 valence electrons. The molecular formula is C12H11BrClN. The van der Waals surface area contributed by atoms with Gasteiger partial charge >= 0.3 is 0 Å². The Labute approximate surface area is 102 Å². The van der Waals surface area contributed by atoms with Crippen molar-refractivity contribution in [2.45, 2.75) is 13.5 Å². The highest BCUT2D eigenvalue weighted by molar-refractivity contribution is 9.10. The molecule has 2 aromatic rings. The number of rotatable bonds is 2. The molecule has 0 N–H and O–H groups in total. The fraction of sp³-hybridized carbons (Fsp3) is 0.167. The molecule has 2 rings (SSSR count). The first kappa shape index (κ1) is 10.8. The van der Waals surface area contributed by atoms with Crippen LogP contribution in [-0.2, 0) is 6.54 Å². The molecule has 15 heavy (non-hydrogen) atoms. The number of aromatic nitrogens is 1. The van der Waals surface area contributed by atoms with Crippen molar-refractivity contribution in [2.24, 2.45) is 0 Å². The Balaban J connectivity index is 2.45. The molecule has 0 fully saturated rings. The zero-order valence-corrected chi connectivity index (χ0v) is 10.7. The smallest absolute Gasteiger partial charge is 0.0484 e. The molecule has 1 aromatic carbocycles. The van der Waals surface area contributed by atoms with Crippen LogP contribution in [0.1, 0.15) is 6.92 Å². The van der Waals surface area contributed by atoms with E-state index in [1.165, 1.54) is 10.9 Å². The third kappa shape index (κ3) is 2.27. The van der Waals surface area contributed by atoms with Crippen molar-refractivity contribution < 1.29 is 0 Å². The lowest BCUT2D eigenvalue weighted by atomic mass is 10.2. The molecule has 0 bridgehead atoms. The van der Waals surface area contributed by atoms with Gasteiger partial charge in [-0.15, -0.1) is 0 Å². The van der Waals surface area contributed by atoms with Crippen molar-refractivity contribution in [1.29, 1.82) is 0 Å². The Bertz CT molecular complexity index is 513. The van der Waals surface area contributed by atoms with Gasteiger partial charge in [-0.1, -0.05) is 27.5 Å². The van der Waals surface area contributed by atoms with Crippen LogP contribution in [0, 0.1) is 0 Å². The van der Waals surface area contributed by atoms with E-state index in [-0.39, 0.29) is 0 Å². The summed E-state index contributed by atoms with van der Waals surface area (Å²) in [6.07, 6.45) is 2.08. The lowest BCUT2D eigenvalue weighted by Gasteiger charge is -2.04. The maximum Gasteiger partial charge on any atom is 0.0484 e. The second kappa shape index (κ2) is 4.42. The van der Waals surface area contributed by atoms with Crippen LogP contribution >= 0.6 is 27.5 Å². The standard InChI is InChI=1S/C12H11BrClN/c1-9(7-14)8-15-5-4-10-6-11(13)2-3-12(10)15/h2-7H,8H2,1H3/b9-7-. The molecule has 0 radical (unpaired) electrons. The van der Waals surface area contributed by atoms with Crippen molar-refractivity contribution in [3.05, 3.63) is 46.0 Å². The van der Waals surface area contributed by atoms with Gasteiger partial charge in [0.25, 0.3) is 0 Å². The van der Waals surface area contributed by atoms with Gasteiger partial charge in [0.05, 0.1) is 0 Å². The second-order valence-corrected chi connectivity index (χ2v) is 4.74. The van der Waals surface area contributed by atoms with Crippen LogP contribution in [0.5, 0.6) is 0 Å². The Morgan fingerprint density at radius 3 is 3.00 bits per heavy atom. The van der Waals surface area contributed by atoms with Gasteiger partial charge in [-0.25, -0.2) is 0 Å². The minimum absolute atomic E-state index is 0.842. The number of allylic oxidation sites excluding steroid dienone is 1. The highest BCUT2D eigenvalue weighted by Gasteiger charge is 2.01. The Morgan fingerprint density at radius 1 is 1.47 bits per heavy atom. The van der Waals surface area contributed by atoms with E-state index >= 15 is 0 Å². The van der Waals surface area contributed by atoms with Crippen LogP contribution in [0.4, 0.5) is 0 Å². The first-order valence-electron chi connectivity index (χ1n) is 4.71. The quantitative estimate of drug-likeness (QED) is 0.762. The van der Waals surface area contributed by atoms with Crippen LogP contribution < -0.4 is 0 Å². The number of nitrogens with zero attached hydrogens (tertiary/aromatic N) is 1. The van der Waals surface area contributed by atoms with Crippen LogP contribution in [0.3, 0.4) is 0 Å². The van der Waals surface area contributed by atoms with E-state index < -0.39 is 0 Å². The SMILES string of the molecule is C/C(=C/Cl)Cn1ccc2cc(Br)ccc21. The number of fused-ring (bicyclic) bond motifs is 1. The molecule has 1 nitrogen and oxygen atoms in total. The Kier molecular flexibility index (Phi) is 3.17. The fourth-order valence-corrected chi connectivity index (χ4v) is 2.06. The van der Waals surface area contributed by atoms with Gasteiger partial charge in [-0.2, -0.15) is 0 Å². The van der Waals surface area contributed by atoms with E-state index in [0.29, 0.717) is 0 Å². The normalized spacial score (nSPS) is 12.3. The first-order valence-corrected chi connectivity index (χ1v) is 5.94. The molecule has 0 spiro atoms. The van der Waals surface area contributed by atoms with Crippen molar-refractivity contribution in [3.63, 3.8) is 0 Å². The van der Waals surface area contributed by atoms with E-state index in [1.807, 2.05) is 6.92 Å². The molecule has 1 heterocycles. The molecule has 1 aromatic heterocycles. The van der Waals surface area contributed by atoms with E-state index in [9.17, 15) is 0 Å². The largest absolute Gasteiger partial charge is 0.343 e. The summed E-state index contributed by atoms with van der Waals surface area (Å²) in [5, 5.41) is 1.24. The number of benzene rings is 1. The van der Waals surface area contributed by atoms with Gasteiger partial charge in [0, 0.05) is 33.7 Å². The van der Waals surface area contributed by atoms with Crippen molar-refractivity contribution in [3.8, 4) is 0 Å². The second-order valence-electron chi connectivity index (χ2n) is 3.60. The lowest BCUT2D eigenvalue weighted by Crippen LogP contribution is -1.96. The third-order valence-corrected chi connectivity index (χ3v) is 3.20. The summed E-state index contributed by atoms with van der Waals surface area (Å²) >= 11 is 9.13. The summed E-state index contributed by atoms with van der Waals surface area (Å²) in [5.74, 6) is 0. The van der Waals surface area contributed by atoms with Crippen molar-refractivity contribution >= 4 is 38.4 Å². The number of hydrogen-bond donors (Lipinski definition) is 0. The molecule has 0 aliphatic rings. The summed E-state index contributed by atoms with van der Waals surface area (Å²) in [6.45, 7) is 2.87. The molecule has 0 aliphatic heterocycles. The van der Waals surface area contributed by atoms with Gasteiger partial charge in [-0.05, 0) is 36.8 Å². The molecule has 0 unspecified atom stereocenters. The summed E-state index contributed by atoms with van der Waals surface area (Å²) in [4.78, 5) is 0. The lowest BCUT2D eigenvalue weighted by molar-refractivity contribution is 0.821. The molecule has 0 aliphatic carbocycles. The van der Waals surface area contributed by atoms with Gasteiger partial charge in [0.1, 0.15) is 0 Å². The number of hydrogen-bond acceptors (Lipinski definition) is 0. The zero-order chi connectivity index (χ0) is 10.8. The maximum absolute atomic E-state index is 5.66. The van der Waals surface area contributed by atoms with Crippen molar-refractivity contribution in [1.82, 2.24) is 4.57 Å². The molecule has 0 saturated carbocycles. The van der Waals surface area contributed by atoms with Crippen LogP contribution in [0.2, 0.25) is 0 Å². The topological polar surface area (TPSA) is 4.93 Å². The van der Waals surface area contributed by atoms with Gasteiger partial charge < -0.3 is 4.57 Å². The molecule has 3 heteroatoms. The molecule has 0 atom stereocenters. The highest BCUT2D eigenvalue weighted by Crippen LogP contribution is 2.21. The maximum atomic E-state index is 5.66. The number of halogens is 2. The van der Waals surface area contributed by atoms with Gasteiger partial charge in [0.2, 0.25) is 0 Å². The van der Waals surface area contributed by atoms with Crippen LogP contribution in [0.15, 0.2) is 46.0 Å². The molecule has 0 saturated heterocycles. The minimum atomic E-state index is 0.842. The third-order valence-electron chi connectivity index (χ3n) is 2.34. The van der Waals surface area contributed by atoms with Crippen LogP contribution in [0.25, 0.3) is 10.9 Å². The van der Waals surface area contributed by atoms with E-state index in [1.54, 1.807) is 5.54 Å². The zero-order valence-electron chi connectivity index (χ0n) is 8.37. The first-order chi connectivity index (χ1) is 7.20. The average molecular weight is 285 g/mol. The minimum Gasteiger partial charge on any atom is -0.343 e. The fourth-order valence-electron chi connectivity index (χ4n) is 1.61. The Morgan fingerprint density at radius 2 is 2.27 bits per heavy atom. The van der Waals surface area contributed by atoms with Crippen molar-refractivity contribution in [2.75, 3.05) is 0 Å². The van der Waals surface area contributed by atoms with Gasteiger partial charge in [0.15, 0.2) is 0 Å². The van der Waals surface area contributed by atoms with E-state index in [2.05, 4.69) is 51.0 Å². The van der Waals surface area contributed by atoms with Crippen LogP contribution in [-0.4, -0.2) is 4.57 Å². The highest BCUT2D eigenvalue weighted by atomic mass is 79.9. The Hall–Kier alpha value is -0.730. The van der Waals surface area contributed by atoms with E-state index in [4.69, 9.17) is 11.6 Å². The summed E-state index contributed by atoms with van der Waals surface area (Å²) in [5.41, 5.74) is 4.01. The predicted octanol–water partition coefficient (Wildman–Crippen LogP) is 4.55. The molecule has 0 amide bonds. The average Bonchev–Trinajstić information content (AvgIpc) is 2.60. The summed E-state index contributed by atoms with van der Waals surface area (Å²) < 4.78 is 3.30. The summed E-state index contributed by atoms with van der Waals surface area (Å²) in [7, 11) is 0. The molecular weight excluding hydrogens is 273 g/mol. The monoisotopic (exact) mass is 283 g/mol. The van der Waals surface area contributed by atoms with Gasteiger partial charge in [-0.3, -0.25) is 0 Å². The van der Waals surface area contributed by atoms with E-state index in [0.717, 1.165) is 16.6 Å². The summed E-state index contributed by atoms with van der Waals surface area (Å²) in [6, 6.07) is 8.40. The predicted molar refractivity (Wildman–Crippen MR) is 69.2 cm³/mol.